The summed E-state index contributed by atoms with van der Waals surface area (Å²) in [6.45, 7) is 1.24. The topological polar surface area (TPSA) is 83.8 Å². The van der Waals surface area contributed by atoms with Crippen molar-refractivity contribution in [3.05, 3.63) is 29.8 Å². The summed E-state index contributed by atoms with van der Waals surface area (Å²) < 4.78 is 4.74. The number of rotatable bonds is 3. The maximum atomic E-state index is 10.6. The van der Waals surface area contributed by atoms with E-state index in [-0.39, 0.29) is 11.3 Å². The number of carboxylic acid groups (broad SMARTS) is 1. The molecule has 0 radical (unpaired) electrons. The van der Waals surface area contributed by atoms with E-state index in [1.54, 1.807) is 0 Å². The first-order chi connectivity index (χ1) is 7.00. The Morgan fingerprint density at radius 3 is 2.60 bits per heavy atom. The molecule has 1 atom stereocenters. The van der Waals surface area contributed by atoms with Crippen LogP contribution in [0.3, 0.4) is 0 Å². The van der Waals surface area contributed by atoms with Gasteiger partial charge in [0.05, 0.1) is 0 Å². The molecular formula is C10H10O5. The van der Waals surface area contributed by atoms with Crippen molar-refractivity contribution < 1.29 is 24.5 Å². The molecule has 0 heterocycles. The van der Waals surface area contributed by atoms with Crippen LogP contribution in [0.15, 0.2) is 24.3 Å². The molecule has 0 bridgehead atoms. The standard InChI is InChI=1S/C10H10O5/c1-6(11)15-8-4-2-3-7(5-8)9(12)10(13)14/h2-5,9,12H,1H3,(H,13,14). The molecular weight excluding hydrogens is 200 g/mol. The fraction of sp³-hybridized carbons (Fsp3) is 0.200. The van der Waals surface area contributed by atoms with Gasteiger partial charge >= 0.3 is 11.9 Å². The van der Waals surface area contributed by atoms with Crippen LogP contribution in [0, 0.1) is 0 Å². The molecule has 1 rings (SSSR count). The zero-order chi connectivity index (χ0) is 11.4. The molecule has 2 N–H and O–H groups in total. The normalized spacial score (nSPS) is 11.9. The molecule has 0 fully saturated rings. The molecule has 0 aliphatic rings. The SMILES string of the molecule is CC(=O)Oc1cccc(C(O)C(=O)O)c1. The van der Waals surface area contributed by atoms with Crippen LogP contribution >= 0.6 is 0 Å². The fourth-order valence-corrected chi connectivity index (χ4v) is 1.06. The highest BCUT2D eigenvalue weighted by molar-refractivity contribution is 5.74. The van der Waals surface area contributed by atoms with Gasteiger partial charge in [0.2, 0.25) is 0 Å². The van der Waals surface area contributed by atoms with Crippen molar-refractivity contribution in [2.75, 3.05) is 0 Å². The molecule has 1 aromatic carbocycles. The predicted molar refractivity (Wildman–Crippen MR) is 50.3 cm³/mol. The van der Waals surface area contributed by atoms with Gasteiger partial charge in [-0.25, -0.2) is 4.79 Å². The Labute approximate surface area is 85.9 Å². The highest BCUT2D eigenvalue weighted by Crippen LogP contribution is 2.19. The summed E-state index contributed by atoms with van der Waals surface area (Å²) in [6.07, 6.45) is -1.61. The highest BCUT2D eigenvalue weighted by Gasteiger charge is 2.16. The van der Waals surface area contributed by atoms with Gasteiger partial charge in [-0.1, -0.05) is 12.1 Å². The monoisotopic (exact) mass is 210 g/mol. The number of carboxylic acids is 1. The third-order valence-corrected chi connectivity index (χ3v) is 1.67. The molecule has 1 aromatic rings. The lowest BCUT2D eigenvalue weighted by atomic mass is 10.1. The predicted octanol–water partition coefficient (Wildman–Crippen LogP) is 0.730. The van der Waals surface area contributed by atoms with E-state index in [4.69, 9.17) is 9.84 Å². The van der Waals surface area contributed by atoms with Crippen molar-refractivity contribution in [2.45, 2.75) is 13.0 Å². The minimum Gasteiger partial charge on any atom is -0.479 e. The second-order valence-corrected chi connectivity index (χ2v) is 2.91. The molecule has 0 aliphatic carbocycles. The summed E-state index contributed by atoms with van der Waals surface area (Å²) in [5.41, 5.74) is 0.168. The summed E-state index contributed by atoms with van der Waals surface area (Å²) in [5, 5.41) is 17.8. The summed E-state index contributed by atoms with van der Waals surface area (Å²) >= 11 is 0. The first-order valence-corrected chi connectivity index (χ1v) is 4.20. The number of ether oxygens (including phenoxy) is 1. The molecule has 0 amide bonds. The lowest BCUT2D eigenvalue weighted by Crippen LogP contribution is -2.10. The van der Waals surface area contributed by atoms with Gasteiger partial charge in [0.15, 0.2) is 6.10 Å². The number of esters is 1. The number of carbonyl (C=O) groups excluding carboxylic acids is 1. The van der Waals surface area contributed by atoms with E-state index in [2.05, 4.69) is 0 Å². The summed E-state index contributed by atoms with van der Waals surface area (Å²) in [5.74, 6) is -1.65. The molecule has 5 nitrogen and oxygen atoms in total. The van der Waals surface area contributed by atoms with Crippen LogP contribution in [0.25, 0.3) is 0 Å². The van der Waals surface area contributed by atoms with Crippen molar-refractivity contribution in [3.8, 4) is 5.75 Å². The number of hydrogen-bond donors (Lipinski definition) is 2. The van der Waals surface area contributed by atoms with Crippen LogP contribution in [0.4, 0.5) is 0 Å². The molecule has 0 aromatic heterocycles. The van der Waals surface area contributed by atoms with E-state index in [0.717, 1.165) is 0 Å². The van der Waals surface area contributed by atoms with Crippen molar-refractivity contribution in [1.82, 2.24) is 0 Å². The van der Waals surface area contributed by atoms with Crippen molar-refractivity contribution in [2.24, 2.45) is 0 Å². The zero-order valence-electron chi connectivity index (χ0n) is 8.01. The van der Waals surface area contributed by atoms with Gasteiger partial charge < -0.3 is 14.9 Å². The first kappa shape index (κ1) is 11.2. The third-order valence-electron chi connectivity index (χ3n) is 1.67. The number of hydrogen-bond acceptors (Lipinski definition) is 4. The van der Waals surface area contributed by atoms with Crippen LogP contribution in [-0.2, 0) is 9.59 Å². The second kappa shape index (κ2) is 4.56. The lowest BCUT2D eigenvalue weighted by molar-refractivity contribution is -0.146. The van der Waals surface area contributed by atoms with Gasteiger partial charge in [0, 0.05) is 6.92 Å². The first-order valence-electron chi connectivity index (χ1n) is 4.20. The lowest BCUT2D eigenvalue weighted by Gasteiger charge is -2.07. The average Bonchev–Trinajstić information content (AvgIpc) is 2.16. The summed E-state index contributed by atoms with van der Waals surface area (Å²) in [7, 11) is 0. The number of aliphatic hydroxyl groups excluding tert-OH is 1. The van der Waals surface area contributed by atoms with Gasteiger partial charge in [-0.2, -0.15) is 0 Å². The molecule has 0 saturated heterocycles. The smallest absolute Gasteiger partial charge is 0.337 e. The zero-order valence-corrected chi connectivity index (χ0v) is 8.01. The number of aliphatic carboxylic acids is 1. The minimum atomic E-state index is -1.61. The van der Waals surface area contributed by atoms with Crippen molar-refractivity contribution >= 4 is 11.9 Å². The van der Waals surface area contributed by atoms with Crippen molar-refractivity contribution in [1.29, 1.82) is 0 Å². The van der Waals surface area contributed by atoms with Gasteiger partial charge in [-0.15, -0.1) is 0 Å². The van der Waals surface area contributed by atoms with Crippen molar-refractivity contribution in [3.63, 3.8) is 0 Å². The molecule has 0 spiro atoms. The molecule has 0 aliphatic heterocycles. The Kier molecular flexibility index (Phi) is 3.41. The van der Waals surface area contributed by atoms with Crippen LogP contribution in [-0.4, -0.2) is 22.2 Å². The molecule has 0 saturated carbocycles. The number of carbonyl (C=O) groups is 2. The Morgan fingerprint density at radius 2 is 2.07 bits per heavy atom. The van der Waals surface area contributed by atoms with Gasteiger partial charge in [0.1, 0.15) is 5.75 Å². The van der Waals surface area contributed by atoms with E-state index < -0.39 is 18.0 Å². The minimum absolute atomic E-state index is 0.168. The van der Waals surface area contributed by atoms with Crippen LogP contribution < -0.4 is 4.74 Å². The summed E-state index contributed by atoms with van der Waals surface area (Å²) in [4.78, 5) is 21.1. The number of benzene rings is 1. The maximum Gasteiger partial charge on any atom is 0.337 e. The maximum absolute atomic E-state index is 10.6. The van der Waals surface area contributed by atoms with E-state index in [1.807, 2.05) is 0 Å². The van der Waals surface area contributed by atoms with Crippen LogP contribution in [0.5, 0.6) is 5.75 Å². The highest BCUT2D eigenvalue weighted by atomic mass is 16.5. The Hall–Kier alpha value is -1.88. The van der Waals surface area contributed by atoms with Crippen LogP contribution in [0.1, 0.15) is 18.6 Å². The molecule has 1 unspecified atom stereocenters. The molecule has 5 heteroatoms. The fourth-order valence-electron chi connectivity index (χ4n) is 1.06. The van der Waals surface area contributed by atoms with E-state index in [0.29, 0.717) is 0 Å². The number of aliphatic hydroxyl groups is 1. The third kappa shape index (κ3) is 3.07. The quantitative estimate of drug-likeness (QED) is 0.567. The van der Waals surface area contributed by atoms with Gasteiger partial charge in [0.25, 0.3) is 0 Å². The molecule has 15 heavy (non-hydrogen) atoms. The van der Waals surface area contributed by atoms with Crippen LogP contribution in [0.2, 0.25) is 0 Å². The second-order valence-electron chi connectivity index (χ2n) is 2.91. The van der Waals surface area contributed by atoms with Gasteiger partial charge in [-0.3, -0.25) is 4.79 Å². The Morgan fingerprint density at radius 1 is 1.40 bits per heavy atom. The van der Waals surface area contributed by atoms with E-state index in [1.165, 1.54) is 31.2 Å². The van der Waals surface area contributed by atoms with Gasteiger partial charge in [-0.05, 0) is 17.7 Å². The largest absolute Gasteiger partial charge is 0.479 e. The Balaban J connectivity index is 2.92. The molecule has 80 valence electrons. The Bertz CT molecular complexity index is 385. The average molecular weight is 210 g/mol. The summed E-state index contributed by atoms with van der Waals surface area (Å²) in [6, 6.07) is 5.74. The van der Waals surface area contributed by atoms with E-state index >= 15 is 0 Å². The van der Waals surface area contributed by atoms with E-state index in [9.17, 15) is 14.7 Å².